The summed E-state index contributed by atoms with van der Waals surface area (Å²) in [6.07, 6.45) is 4.71. The lowest BCUT2D eigenvalue weighted by molar-refractivity contribution is 0.101. The SMILES string of the molecule is CC(=O)c1ccn(C(=O)N2CCC3(CCN(Cc4ccc(N5CC6COCC6C5)cc4Cl)C3)CC2)n1. The van der Waals surface area contributed by atoms with Crippen molar-refractivity contribution in [2.45, 2.75) is 32.7 Å². The van der Waals surface area contributed by atoms with Gasteiger partial charge in [0.25, 0.3) is 0 Å². The maximum atomic E-state index is 12.8. The fourth-order valence-corrected chi connectivity index (χ4v) is 6.74. The lowest BCUT2D eigenvalue weighted by Crippen LogP contribution is -2.45. The van der Waals surface area contributed by atoms with Crippen molar-refractivity contribution in [3.05, 3.63) is 46.7 Å². The molecule has 1 aromatic carbocycles. The van der Waals surface area contributed by atoms with Gasteiger partial charge in [0.2, 0.25) is 0 Å². The summed E-state index contributed by atoms with van der Waals surface area (Å²) < 4.78 is 6.91. The Balaban J connectivity index is 1.03. The third-order valence-electron chi connectivity index (χ3n) is 8.79. The summed E-state index contributed by atoms with van der Waals surface area (Å²) in [7, 11) is 0. The van der Waals surface area contributed by atoms with Crippen molar-refractivity contribution in [3.63, 3.8) is 0 Å². The standard InChI is InChI=1S/C27H34ClN5O3/c1-19(34)25-4-8-33(29-25)26(35)31-10-6-27(7-11-31)5-9-30(18-27)13-20-2-3-23(12-24(20)28)32-14-21-16-36-17-22(21)15-32/h2-4,8,12,21-22H,5-7,9-11,13-18H2,1H3. The third-order valence-corrected chi connectivity index (χ3v) is 9.15. The van der Waals surface area contributed by atoms with Crippen LogP contribution in [0.1, 0.15) is 42.2 Å². The molecule has 2 atom stereocenters. The lowest BCUT2D eigenvalue weighted by Gasteiger charge is -2.39. The molecule has 4 aliphatic heterocycles. The monoisotopic (exact) mass is 511 g/mol. The van der Waals surface area contributed by atoms with Crippen molar-refractivity contribution in [2.75, 3.05) is 57.4 Å². The molecule has 4 aliphatic rings. The van der Waals surface area contributed by atoms with E-state index in [0.717, 1.165) is 83.3 Å². The molecule has 0 radical (unpaired) electrons. The molecule has 1 aromatic heterocycles. The van der Waals surface area contributed by atoms with Crippen LogP contribution in [0.2, 0.25) is 5.02 Å². The Morgan fingerprint density at radius 2 is 1.81 bits per heavy atom. The molecule has 9 heteroatoms. The predicted octanol–water partition coefficient (Wildman–Crippen LogP) is 3.78. The molecule has 1 amide bonds. The van der Waals surface area contributed by atoms with Crippen LogP contribution in [0, 0.1) is 17.3 Å². The van der Waals surface area contributed by atoms with Gasteiger partial charge in [0.1, 0.15) is 5.69 Å². The average molecular weight is 512 g/mol. The van der Waals surface area contributed by atoms with E-state index in [1.54, 1.807) is 12.3 Å². The number of hydrogen-bond acceptors (Lipinski definition) is 6. The molecular weight excluding hydrogens is 478 g/mol. The molecule has 0 saturated carbocycles. The van der Waals surface area contributed by atoms with E-state index in [1.807, 2.05) is 4.90 Å². The zero-order valence-electron chi connectivity index (χ0n) is 20.9. The fraction of sp³-hybridized carbons (Fsp3) is 0.593. The molecule has 0 bridgehead atoms. The first-order valence-electron chi connectivity index (χ1n) is 13.1. The van der Waals surface area contributed by atoms with E-state index in [0.29, 0.717) is 17.5 Å². The largest absolute Gasteiger partial charge is 0.381 e. The van der Waals surface area contributed by atoms with E-state index in [1.165, 1.54) is 22.9 Å². The van der Waals surface area contributed by atoms with Crippen molar-refractivity contribution in [3.8, 4) is 0 Å². The number of ketones is 1. The minimum absolute atomic E-state index is 0.131. The van der Waals surface area contributed by atoms with Crippen LogP contribution in [0.4, 0.5) is 10.5 Å². The molecule has 36 heavy (non-hydrogen) atoms. The third kappa shape index (κ3) is 4.55. The Bertz CT molecular complexity index is 1150. The van der Waals surface area contributed by atoms with Gasteiger partial charge in [-0.1, -0.05) is 17.7 Å². The zero-order chi connectivity index (χ0) is 24.9. The molecule has 2 unspecified atom stereocenters. The van der Waals surface area contributed by atoms with E-state index in [4.69, 9.17) is 16.3 Å². The molecule has 1 spiro atoms. The van der Waals surface area contributed by atoms with Gasteiger partial charge in [-0.15, -0.1) is 0 Å². The Hall–Kier alpha value is -2.42. The summed E-state index contributed by atoms with van der Waals surface area (Å²) in [6, 6.07) is 8.03. The van der Waals surface area contributed by atoms with Crippen LogP contribution in [0.25, 0.3) is 0 Å². The first-order valence-corrected chi connectivity index (χ1v) is 13.5. The molecular formula is C27H34ClN5O3. The number of fused-ring (bicyclic) bond motifs is 1. The molecule has 2 aromatic rings. The fourth-order valence-electron chi connectivity index (χ4n) is 6.51. The van der Waals surface area contributed by atoms with Crippen LogP contribution in [0.5, 0.6) is 0 Å². The minimum atomic E-state index is -0.145. The Morgan fingerprint density at radius 1 is 1.08 bits per heavy atom. The summed E-state index contributed by atoms with van der Waals surface area (Å²) in [6.45, 7) is 9.77. The maximum Gasteiger partial charge on any atom is 0.344 e. The van der Waals surface area contributed by atoms with Gasteiger partial charge in [-0.25, -0.2) is 4.79 Å². The normalized spacial score (nSPS) is 25.6. The van der Waals surface area contributed by atoms with Gasteiger partial charge in [-0.05, 0) is 55.0 Å². The number of rotatable bonds is 4. The maximum absolute atomic E-state index is 12.8. The number of halogens is 1. The number of ether oxygens (including phenoxy) is 1. The van der Waals surface area contributed by atoms with Crippen LogP contribution in [-0.4, -0.2) is 83.9 Å². The van der Waals surface area contributed by atoms with E-state index in [-0.39, 0.29) is 17.2 Å². The second-order valence-electron chi connectivity index (χ2n) is 11.2. The average Bonchev–Trinajstić information content (AvgIpc) is 3.65. The number of Topliss-reactive ketones (excluding diaryl/α,β-unsaturated/α-hetero) is 1. The number of nitrogens with zero attached hydrogens (tertiary/aromatic N) is 5. The number of amides is 1. The van der Waals surface area contributed by atoms with Crippen molar-refractivity contribution in [1.29, 1.82) is 0 Å². The Kier molecular flexibility index (Phi) is 6.30. The van der Waals surface area contributed by atoms with Gasteiger partial charge in [0, 0.05) is 74.9 Å². The van der Waals surface area contributed by atoms with E-state index in [2.05, 4.69) is 33.1 Å². The quantitative estimate of drug-likeness (QED) is 0.582. The van der Waals surface area contributed by atoms with Gasteiger partial charge in [-0.3, -0.25) is 9.69 Å². The van der Waals surface area contributed by atoms with Crippen molar-refractivity contribution in [2.24, 2.45) is 17.3 Å². The summed E-state index contributed by atoms with van der Waals surface area (Å²) in [4.78, 5) is 31.2. The topological polar surface area (TPSA) is 70.9 Å². The van der Waals surface area contributed by atoms with Crippen LogP contribution in [0.15, 0.2) is 30.5 Å². The minimum Gasteiger partial charge on any atom is -0.381 e. The summed E-state index contributed by atoms with van der Waals surface area (Å²) in [5.41, 5.74) is 2.99. The molecule has 0 N–H and O–H groups in total. The highest BCUT2D eigenvalue weighted by atomic mass is 35.5. The molecule has 4 saturated heterocycles. The molecule has 6 rings (SSSR count). The van der Waals surface area contributed by atoms with Crippen molar-refractivity contribution in [1.82, 2.24) is 19.6 Å². The number of hydrogen-bond donors (Lipinski definition) is 0. The highest BCUT2D eigenvalue weighted by Crippen LogP contribution is 2.41. The summed E-state index contributed by atoms with van der Waals surface area (Å²) in [5, 5.41) is 4.99. The van der Waals surface area contributed by atoms with Gasteiger partial charge in [-0.2, -0.15) is 9.78 Å². The number of carbonyl (C=O) groups is 2. The zero-order valence-corrected chi connectivity index (χ0v) is 21.6. The first-order chi connectivity index (χ1) is 17.4. The number of piperidine rings is 1. The molecule has 4 fully saturated rings. The smallest absolute Gasteiger partial charge is 0.344 e. The second kappa shape index (κ2) is 9.47. The van der Waals surface area contributed by atoms with Crippen LogP contribution in [-0.2, 0) is 11.3 Å². The Labute approximate surface area is 217 Å². The summed E-state index contributed by atoms with van der Waals surface area (Å²) in [5.74, 6) is 1.18. The van der Waals surface area contributed by atoms with E-state index in [9.17, 15) is 9.59 Å². The highest BCUT2D eigenvalue weighted by Gasteiger charge is 2.42. The van der Waals surface area contributed by atoms with Crippen molar-refractivity contribution < 1.29 is 14.3 Å². The number of anilines is 1. The number of benzene rings is 1. The summed E-state index contributed by atoms with van der Waals surface area (Å²) >= 11 is 6.77. The van der Waals surface area contributed by atoms with Gasteiger partial charge in [0.15, 0.2) is 5.78 Å². The number of aromatic nitrogens is 2. The molecule has 8 nitrogen and oxygen atoms in total. The first kappa shape index (κ1) is 23.9. The van der Waals surface area contributed by atoms with Crippen LogP contribution >= 0.6 is 11.6 Å². The van der Waals surface area contributed by atoms with Crippen LogP contribution in [0.3, 0.4) is 0 Å². The van der Waals surface area contributed by atoms with E-state index < -0.39 is 0 Å². The Morgan fingerprint density at radius 3 is 2.47 bits per heavy atom. The number of likely N-dealkylation sites (tertiary alicyclic amines) is 2. The number of carbonyl (C=O) groups excluding carboxylic acids is 2. The van der Waals surface area contributed by atoms with Gasteiger partial charge < -0.3 is 14.5 Å². The molecule has 0 aliphatic carbocycles. The lowest BCUT2D eigenvalue weighted by atomic mass is 9.78. The van der Waals surface area contributed by atoms with Gasteiger partial charge >= 0.3 is 6.03 Å². The predicted molar refractivity (Wildman–Crippen MR) is 138 cm³/mol. The van der Waals surface area contributed by atoms with Crippen molar-refractivity contribution >= 4 is 29.1 Å². The molecule has 192 valence electrons. The highest BCUT2D eigenvalue weighted by molar-refractivity contribution is 6.31. The van der Waals surface area contributed by atoms with Crippen LogP contribution < -0.4 is 4.90 Å². The second-order valence-corrected chi connectivity index (χ2v) is 11.6. The van der Waals surface area contributed by atoms with E-state index >= 15 is 0 Å². The van der Waals surface area contributed by atoms with Gasteiger partial charge in [0.05, 0.1) is 13.2 Å². The molecule has 5 heterocycles.